The Morgan fingerprint density at radius 1 is 0.489 bits per heavy atom. The first-order valence-corrected chi connectivity index (χ1v) is 16.7. The molecule has 5 heteroatoms. The normalized spacial score (nSPS) is 12.4. The van der Waals surface area contributed by atoms with Crippen LogP contribution in [-0.2, 0) is 0 Å². The molecule has 0 spiro atoms. The van der Waals surface area contributed by atoms with Crippen molar-refractivity contribution in [1.82, 2.24) is 4.57 Å². The van der Waals surface area contributed by atoms with Gasteiger partial charge in [0.05, 0.1) is 15.9 Å². The molecule has 0 unspecified atom stereocenters. The van der Waals surface area contributed by atoms with Crippen molar-refractivity contribution in [2.75, 3.05) is 18.1 Å². The molecule has 6 aromatic carbocycles. The van der Waals surface area contributed by atoms with Crippen LogP contribution < -0.4 is 14.4 Å². The Kier molecular flexibility index (Phi) is 6.76. The van der Waals surface area contributed by atoms with E-state index in [0.29, 0.717) is 13.2 Å². The Balaban J connectivity index is 1.27. The van der Waals surface area contributed by atoms with Crippen LogP contribution in [0, 0.1) is 0 Å². The Morgan fingerprint density at radius 2 is 1.06 bits per heavy atom. The number of rotatable bonds is 6. The summed E-state index contributed by atoms with van der Waals surface area (Å²) >= 11 is 1.71. The van der Waals surface area contributed by atoms with Gasteiger partial charge in [-0.25, -0.2) is 0 Å². The predicted octanol–water partition coefficient (Wildman–Crippen LogP) is 11.4. The molecule has 4 nitrogen and oxygen atoms in total. The zero-order valence-electron chi connectivity index (χ0n) is 25.5. The SMILES string of the molecule is c1ccc(-c2ccc(N(c3ccc4c(c3)c3ccccc3n4-c3ccccc3)c3sc(-c4ccccc4)c4c3OCCO4)cc2)cc1. The van der Waals surface area contributed by atoms with Crippen molar-refractivity contribution in [3.05, 3.63) is 158 Å². The number of aromatic nitrogens is 1. The summed E-state index contributed by atoms with van der Waals surface area (Å²) in [6, 6.07) is 55.8. The van der Waals surface area contributed by atoms with Gasteiger partial charge in [-0.1, -0.05) is 109 Å². The summed E-state index contributed by atoms with van der Waals surface area (Å²) in [5.74, 6) is 1.61. The largest absolute Gasteiger partial charge is 0.485 e. The van der Waals surface area contributed by atoms with Gasteiger partial charge in [-0.05, 0) is 65.2 Å². The van der Waals surface area contributed by atoms with Crippen molar-refractivity contribution in [2.24, 2.45) is 0 Å². The minimum absolute atomic E-state index is 0.509. The quantitative estimate of drug-likeness (QED) is 0.184. The van der Waals surface area contributed by atoms with E-state index in [4.69, 9.17) is 9.47 Å². The number of para-hydroxylation sites is 2. The van der Waals surface area contributed by atoms with E-state index in [-0.39, 0.29) is 0 Å². The molecule has 0 saturated heterocycles. The fourth-order valence-corrected chi connectivity index (χ4v) is 7.87. The first-order valence-electron chi connectivity index (χ1n) is 15.9. The van der Waals surface area contributed by atoms with Crippen molar-refractivity contribution < 1.29 is 9.47 Å². The van der Waals surface area contributed by atoms with E-state index in [9.17, 15) is 0 Å². The van der Waals surface area contributed by atoms with Crippen LogP contribution in [0.15, 0.2) is 158 Å². The average Bonchev–Trinajstić information content (AvgIpc) is 3.69. The molecular weight excluding hydrogens is 597 g/mol. The number of hydrogen-bond acceptors (Lipinski definition) is 4. The zero-order valence-corrected chi connectivity index (χ0v) is 26.4. The topological polar surface area (TPSA) is 26.6 Å². The summed E-state index contributed by atoms with van der Waals surface area (Å²) < 4.78 is 15.1. The second kappa shape index (κ2) is 11.5. The number of nitrogens with zero attached hydrogens (tertiary/aromatic N) is 2. The highest BCUT2D eigenvalue weighted by Crippen LogP contribution is 2.57. The minimum atomic E-state index is 0.509. The van der Waals surface area contributed by atoms with Gasteiger partial charge in [0.15, 0.2) is 11.5 Å². The maximum absolute atomic E-state index is 6.43. The summed E-state index contributed by atoms with van der Waals surface area (Å²) in [7, 11) is 0. The lowest BCUT2D eigenvalue weighted by Crippen LogP contribution is -2.17. The van der Waals surface area contributed by atoms with Gasteiger partial charge >= 0.3 is 0 Å². The molecule has 0 saturated carbocycles. The third-order valence-corrected chi connectivity index (χ3v) is 9.97. The average molecular weight is 627 g/mol. The summed E-state index contributed by atoms with van der Waals surface area (Å²) in [5.41, 5.74) is 9.08. The van der Waals surface area contributed by atoms with E-state index in [0.717, 1.165) is 44.0 Å². The number of hydrogen-bond donors (Lipinski definition) is 0. The summed E-state index contributed by atoms with van der Waals surface area (Å²) in [6.07, 6.45) is 0. The molecule has 1 aliphatic rings. The minimum Gasteiger partial charge on any atom is -0.485 e. The molecule has 0 amide bonds. The summed E-state index contributed by atoms with van der Waals surface area (Å²) in [6.45, 7) is 1.04. The maximum atomic E-state index is 6.43. The Bertz CT molecular complexity index is 2340. The van der Waals surface area contributed by atoms with Gasteiger partial charge in [0.1, 0.15) is 18.2 Å². The van der Waals surface area contributed by atoms with E-state index >= 15 is 0 Å². The third kappa shape index (κ3) is 4.75. The Labute approximate surface area is 277 Å². The smallest absolute Gasteiger partial charge is 0.197 e. The molecule has 3 heterocycles. The predicted molar refractivity (Wildman–Crippen MR) is 195 cm³/mol. The molecule has 0 N–H and O–H groups in total. The molecule has 226 valence electrons. The molecule has 9 rings (SSSR count). The number of anilines is 3. The fraction of sp³-hybridized carbons (Fsp3) is 0.0476. The van der Waals surface area contributed by atoms with Crippen LogP contribution in [0.2, 0.25) is 0 Å². The van der Waals surface area contributed by atoms with Crippen molar-refractivity contribution in [1.29, 1.82) is 0 Å². The summed E-state index contributed by atoms with van der Waals surface area (Å²) in [4.78, 5) is 3.40. The number of ether oxygens (including phenoxy) is 2. The molecule has 8 aromatic rings. The molecule has 0 aliphatic carbocycles. The van der Waals surface area contributed by atoms with Gasteiger partial charge in [0, 0.05) is 27.8 Å². The van der Waals surface area contributed by atoms with Gasteiger partial charge < -0.3 is 14.0 Å². The molecule has 47 heavy (non-hydrogen) atoms. The van der Waals surface area contributed by atoms with Crippen LogP contribution in [0.5, 0.6) is 11.5 Å². The lowest BCUT2D eigenvalue weighted by atomic mass is 10.0. The highest BCUT2D eigenvalue weighted by atomic mass is 32.1. The van der Waals surface area contributed by atoms with E-state index < -0.39 is 0 Å². The molecule has 0 bridgehead atoms. The molecule has 0 radical (unpaired) electrons. The first kappa shape index (κ1) is 27.5. The second-order valence-electron chi connectivity index (χ2n) is 11.6. The van der Waals surface area contributed by atoms with Gasteiger partial charge in [-0.2, -0.15) is 0 Å². The van der Waals surface area contributed by atoms with Gasteiger partial charge in [0.2, 0.25) is 0 Å². The fourth-order valence-electron chi connectivity index (χ4n) is 6.63. The van der Waals surface area contributed by atoms with Gasteiger partial charge in [-0.15, -0.1) is 11.3 Å². The monoisotopic (exact) mass is 626 g/mol. The zero-order chi connectivity index (χ0) is 31.2. The van der Waals surface area contributed by atoms with Gasteiger partial charge in [0.25, 0.3) is 0 Å². The van der Waals surface area contributed by atoms with Crippen LogP contribution in [0.4, 0.5) is 16.4 Å². The highest BCUT2D eigenvalue weighted by molar-refractivity contribution is 7.20. The summed E-state index contributed by atoms with van der Waals surface area (Å²) in [5, 5.41) is 3.40. The van der Waals surface area contributed by atoms with E-state index in [1.807, 2.05) is 6.07 Å². The molecule has 2 aromatic heterocycles. The van der Waals surface area contributed by atoms with E-state index in [1.165, 1.54) is 32.9 Å². The molecular formula is C42H30N2O2S. The number of benzene rings is 6. The van der Waals surface area contributed by atoms with Crippen LogP contribution in [-0.4, -0.2) is 17.8 Å². The maximum Gasteiger partial charge on any atom is 0.197 e. The van der Waals surface area contributed by atoms with Crippen molar-refractivity contribution in [3.8, 4) is 38.8 Å². The molecule has 0 fully saturated rings. The Hall–Kier alpha value is -5.78. The lowest BCUT2D eigenvalue weighted by Gasteiger charge is -2.26. The van der Waals surface area contributed by atoms with Gasteiger partial charge in [-0.3, -0.25) is 4.90 Å². The van der Waals surface area contributed by atoms with E-state index in [2.05, 4.69) is 161 Å². The highest BCUT2D eigenvalue weighted by Gasteiger charge is 2.30. The van der Waals surface area contributed by atoms with Crippen molar-refractivity contribution in [2.45, 2.75) is 0 Å². The number of thiophene rings is 1. The lowest BCUT2D eigenvalue weighted by molar-refractivity contribution is 0.175. The standard InChI is InChI=1S/C42H30N2O2S/c1-4-12-29(13-5-1)30-20-22-33(23-21-30)43(42-40-39(45-26-27-46-40)41(47-42)31-14-6-2-7-15-31)34-24-25-38-36(28-34)35-18-10-11-19-37(35)44(38)32-16-8-3-9-17-32/h1-25,28H,26-27H2. The molecule has 1 aliphatic heterocycles. The van der Waals surface area contributed by atoms with Crippen molar-refractivity contribution >= 4 is 49.5 Å². The van der Waals surface area contributed by atoms with Crippen LogP contribution in [0.3, 0.4) is 0 Å². The van der Waals surface area contributed by atoms with Crippen LogP contribution >= 0.6 is 11.3 Å². The first-order chi connectivity index (χ1) is 23.3. The van der Waals surface area contributed by atoms with E-state index in [1.54, 1.807) is 11.3 Å². The molecule has 0 atom stereocenters. The van der Waals surface area contributed by atoms with Crippen molar-refractivity contribution in [3.63, 3.8) is 0 Å². The Morgan fingerprint density at radius 3 is 1.81 bits per heavy atom. The second-order valence-corrected chi connectivity index (χ2v) is 12.6. The van der Waals surface area contributed by atoms with Crippen LogP contribution in [0.1, 0.15) is 0 Å². The number of fused-ring (bicyclic) bond motifs is 4. The van der Waals surface area contributed by atoms with Crippen LogP contribution in [0.25, 0.3) is 49.1 Å². The third-order valence-electron chi connectivity index (χ3n) is 8.78.